The molecule has 4 nitrogen and oxygen atoms in total. The van der Waals surface area contributed by atoms with Crippen molar-refractivity contribution in [3.63, 3.8) is 0 Å². The molecule has 16 heteroatoms. The molecule has 2 amide bonds. The summed E-state index contributed by atoms with van der Waals surface area (Å²) in [6, 6.07) is 5.52. The van der Waals surface area contributed by atoms with Gasteiger partial charge in [-0.2, -0.15) is 39.5 Å². The monoisotopic (exact) mass is 656 g/mol. The zero-order valence-electron chi connectivity index (χ0n) is 22.6. The third kappa shape index (κ3) is 6.45. The third-order valence-electron chi connectivity index (χ3n) is 7.26. The van der Waals surface area contributed by atoms with E-state index in [-0.39, 0.29) is 23.6 Å². The Labute approximate surface area is 246 Å². The lowest BCUT2D eigenvalue weighted by Crippen LogP contribution is -2.50. The molecule has 0 aliphatic heterocycles. The van der Waals surface area contributed by atoms with E-state index in [0.29, 0.717) is 12.8 Å². The number of hydrogen-bond donors (Lipinski definition) is 1. The Morgan fingerprint density at radius 1 is 0.822 bits per heavy atom. The van der Waals surface area contributed by atoms with Gasteiger partial charge < -0.3 is 10.2 Å². The van der Waals surface area contributed by atoms with Gasteiger partial charge in [0, 0.05) is 17.2 Å². The van der Waals surface area contributed by atoms with Gasteiger partial charge in [0.2, 0.25) is 0 Å². The lowest BCUT2D eigenvalue weighted by Gasteiger charge is -2.31. The van der Waals surface area contributed by atoms with Gasteiger partial charge in [-0.1, -0.05) is 12.1 Å². The molecule has 0 radical (unpaired) electrons. The topological polar surface area (TPSA) is 49.4 Å². The molecule has 1 aliphatic rings. The number of carbonyl (C=O) groups is 2. The van der Waals surface area contributed by atoms with Gasteiger partial charge in [0.25, 0.3) is 11.8 Å². The first-order valence-electron chi connectivity index (χ1n) is 12.9. The molecule has 0 saturated heterocycles. The van der Waals surface area contributed by atoms with Crippen LogP contribution in [0.3, 0.4) is 0 Å². The van der Waals surface area contributed by atoms with Crippen LogP contribution in [0.4, 0.5) is 64.1 Å². The lowest BCUT2D eigenvalue weighted by molar-refractivity contribution is -0.348. The summed E-state index contributed by atoms with van der Waals surface area (Å²) in [6.07, 6.45) is -17.8. The zero-order chi connectivity index (χ0) is 33.7. The van der Waals surface area contributed by atoms with Crippen LogP contribution in [0.15, 0.2) is 60.7 Å². The summed E-state index contributed by atoms with van der Waals surface area (Å²) in [4.78, 5) is 27.4. The van der Waals surface area contributed by atoms with Gasteiger partial charge >= 0.3 is 24.2 Å². The minimum Gasteiger partial charge on any atom is -0.321 e. The molecule has 0 heterocycles. The second-order valence-corrected chi connectivity index (χ2v) is 10.3. The molecule has 1 fully saturated rings. The molecule has 3 aromatic rings. The molecule has 242 valence electrons. The van der Waals surface area contributed by atoms with Crippen molar-refractivity contribution in [2.45, 2.75) is 50.0 Å². The zero-order valence-corrected chi connectivity index (χ0v) is 22.6. The van der Waals surface area contributed by atoms with Gasteiger partial charge in [0.05, 0.1) is 22.5 Å². The lowest BCUT2D eigenvalue weighted by atomic mass is 9.92. The minimum atomic E-state index is -6.71. The fourth-order valence-corrected chi connectivity index (χ4v) is 4.70. The molecule has 0 bridgehead atoms. The van der Waals surface area contributed by atoms with Crippen LogP contribution in [0.25, 0.3) is 0 Å². The van der Waals surface area contributed by atoms with Crippen LogP contribution < -0.4 is 10.2 Å². The molecule has 45 heavy (non-hydrogen) atoms. The summed E-state index contributed by atoms with van der Waals surface area (Å²) in [5, 5.41) is 1.60. The van der Waals surface area contributed by atoms with Crippen LogP contribution in [0.5, 0.6) is 0 Å². The van der Waals surface area contributed by atoms with Gasteiger partial charge in [-0.25, -0.2) is 13.2 Å². The number of halogens is 12. The van der Waals surface area contributed by atoms with E-state index in [2.05, 4.69) is 0 Å². The van der Waals surface area contributed by atoms with Gasteiger partial charge in [-0.3, -0.25) is 9.59 Å². The van der Waals surface area contributed by atoms with E-state index in [9.17, 15) is 57.9 Å². The first-order valence-corrected chi connectivity index (χ1v) is 12.9. The Hall–Kier alpha value is -4.24. The largest absolute Gasteiger partial charge is 0.435 e. The van der Waals surface area contributed by atoms with Crippen LogP contribution in [-0.2, 0) is 11.8 Å². The number of hydrogen-bond acceptors (Lipinski definition) is 2. The van der Waals surface area contributed by atoms with Crippen LogP contribution in [0.1, 0.15) is 51.6 Å². The fraction of sp³-hybridized carbons (Fsp3) is 0.310. The molecule has 1 atom stereocenters. The number of benzene rings is 3. The van der Waals surface area contributed by atoms with Crippen molar-refractivity contribution in [3.8, 4) is 0 Å². The Balaban J connectivity index is 1.75. The second-order valence-electron chi connectivity index (χ2n) is 10.3. The SMILES string of the molecule is CC(C1CC1)N(C(=O)c1ccc(F)cc1)c1cccc(C(=O)Nc2ccc(C(F)(C(F)(F)F)C(F)(F)F)cc2C(F)(F)F)c1F. The van der Waals surface area contributed by atoms with Crippen LogP contribution in [0, 0.1) is 17.6 Å². The molecule has 1 N–H and O–H groups in total. The predicted molar refractivity (Wildman–Crippen MR) is 136 cm³/mol. The van der Waals surface area contributed by atoms with Crippen molar-refractivity contribution in [2.24, 2.45) is 5.92 Å². The van der Waals surface area contributed by atoms with E-state index >= 15 is 4.39 Å². The number of nitrogens with zero attached hydrogens (tertiary/aromatic N) is 1. The van der Waals surface area contributed by atoms with E-state index in [4.69, 9.17) is 0 Å². The highest BCUT2D eigenvalue weighted by Crippen LogP contribution is 2.54. The highest BCUT2D eigenvalue weighted by molar-refractivity contribution is 6.09. The third-order valence-corrected chi connectivity index (χ3v) is 7.26. The summed E-state index contributed by atoms with van der Waals surface area (Å²) >= 11 is 0. The normalized spacial score (nSPS) is 15.0. The minimum absolute atomic E-state index is 0.0246. The Kier molecular flexibility index (Phi) is 8.67. The molecule has 1 unspecified atom stereocenters. The van der Waals surface area contributed by atoms with Crippen LogP contribution in [0.2, 0.25) is 0 Å². The summed E-state index contributed by atoms with van der Waals surface area (Å²) in [6.45, 7) is 1.58. The number of rotatable bonds is 7. The molecular formula is C29H20F12N2O2. The van der Waals surface area contributed by atoms with Gasteiger partial charge in [-0.05, 0) is 74.2 Å². The van der Waals surface area contributed by atoms with Crippen molar-refractivity contribution < 1.29 is 62.3 Å². The summed E-state index contributed by atoms with van der Waals surface area (Å²) < 4.78 is 164. The Bertz CT molecular complexity index is 1580. The highest BCUT2D eigenvalue weighted by atomic mass is 19.4. The van der Waals surface area contributed by atoms with Gasteiger partial charge in [0.1, 0.15) is 5.82 Å². The van der Waals surface area contributed by atoms with Crippen molar-refractivity contribution in [1.82, 2.24) is 0 Å². The number of amides is 2. The van der Waals surface area contributed by atoms with Crippen molar-refractivity contribution in [1.29, 1.82) is 0 Å². The Morgan fingerprint density at radius 3 is 1.91 bits per heavy atom. The van der Waals surface area contributed by atoms with Crippen LogP contribution in [-0.4, -0.2) is 30.2 Å². The van der Waals surface area contributed by atoms with Crippen molar-refractivity contribution in [2.75, 3.05) is 10.2 Å². The smallest absolute Gasteiger partial charge is 0.321 e. The predicted octanol–water partition coefficient (Wildman–Crippen LogP) is 8.97. The molecule has 1 aliphatic carbocycles. The van der Waals surface area contributed by atoms with Gasteiger partial charge in [0.15, 0.2) is 5.82 Å². The molecule has 4 rings (SSSR count). The number of nitrogens with one attached hydrogen (secondary N) is 1. The number of alkyl halides is 10. The maximum absolute atomic E-state index is 15.8. The fourth-order valence-electron chi connectivity index (χ4n) is 4.70. The standard InChI is InChI=1S/C29H20F12N2O2/c1-14(15-5-6-15)43(25(45)16-7-10-18(30)11-8-16)22-4-2-3-19(23(22)31)24(44)42-21-12-9-17(13-20(21)27(33,34)35)26(32,28(36,37)38)29(39,40)41/h2-4,7-15H,5-6H2,1H3,(H,42,44). The van der Waals surface area contributed by atoms with E-state index in [1.165, 1.54) is 0 Å². The average molecular weight is 656 g/mol. The molecule has 0 spiro atoms. The van der Waals surface area contributed by atoms with E-state index in [1.807, 2.05) is 0 Å². The van der Waals surface area contributed by atoms with Crippen LogP contribution >= 0.6 is 0 Å². The molecule has 0 aromatic heterocycles. The molecule has 1 saturated carbocycles. The summed E-state index contributed by atoms with van der Waals surface area (Å²) in [5.41, 5.74) is -13.8. The van der Waals surface area contributed by atoms with Crippen molar-refractivity contribution >= 4 is 23.2 Å². The molecule has 3 aromatic carbocycles. The average Bonchev–Trinajstić information content (AvgIpc) is 3.78. The van der Waals surface area contributed by atoms with E-state index in [0.717, 1.165) is 47.4 Å². The first kappa shape index (κ1) is 33.6. The maximum Gasteiger partial charge on any atom is 0.435 e. The van der Waals surface area contributed by atoms with E-state index in [1.54, 1.807) is 12.2 Å². The highest BCUT2D eigenvalue weighted by Gasteiger charge is 2.73. The van der Waals surface area contributed by atoms with E-state index < -0.39 is 87.8 Å². The van der Waals surface area contributed by atoms with Crippen molar-refractivity contribution in [3.05, 3.63) is 94.6 Å². The van der Waals surface area contributed by atoms with Gasteiger partial charge in [-0.15, -0.1) is 0 Å². The summed E-state index contributed by atoms with van der Waals surface area (Å²) in [5.74, 6) is -4.59. The number of carbonyl (C=O) groups excluding carboxylic acids is 2. The molecular weight excluding hydrogens is 636 g/mol. The summed E-state index contributed by atoms with van der Waals surface area (Å²) in [7, 11) is 0. The quantitative estimate of drug-likeness (QED) is 0.258. The second kappa shape index (κ2) is 11.6. The number of anilines is 2. The maximum atomic E-state index is 15.8. The Morgan fingerprint density at radius 2 is 1.40 bits per heavy atom. The first-order chi connectivity index (χ1) is 20.7.